The molecule has 0 radical (unpaired) electrons. The Hall–Kier alpha value is -0.740. The van der Waals surface area contributed by atoms with Crippen molar-refractivity contribution < 1.29 is 9.47 Å². The van der Waals surface area contributed by atoms with Crippen molar-refractivity contribution in [2.45, 2.75) is 32.2 Å². The van der Waals surface area contributed by atoms with Crippen LogP contribution in [-0.2, 0) is 6.54 Å². The van der Waals surface area contributed by atoms with Crippen LogP contribution < -0.4 is 14.8 Å². The zero-order valence-electron chi connectivity index (χ0n) is 12.8. The van der Waals surface area contributed by atoms with Crippen LogP contribution in [-0.4, -0.2) is 20.8 Å². The van der Waals surface area contributed by atoms with Gasteiger partial charge in [0, 0.05) is 6.54 Å². The first-order valence-electron chi connectivity index (χ1n) is 7.85. The largest absolute Gasteiger partial charge is 0.493 e. The molecular weight excluding hydrogens is 330 g/mol. The van der Waals surface area contributed by atoms with Crippen molar-refractivity contribution >= 4 is 15.9 Å². The Balaban J connectivity index is 1.69. The molecule has 3 nitrogen and oxygen atoms in total. The predicted molar refractivity (Wildman–Crippen MR) is 87.9 cm³/mol. The molecule has 21 heavy (non-hydrogen) atoms. The van der Waals surface area contributed by atoms with Gasteiger partial charge in [-0.05, 0) is 77.7 Å². The molecule has 2 bridgehead atoms. The fourth-order valence-corrected chi connectivity index (χ4v) is 4.59. The maximum absolute atomic E-state index is 6.14. The van der Waals surface area contributed by atoms with Crippen molar-refractivity contribution in [1.82, 2.24) is 5.32 Å². The number of hydrogen-bond donors (Lipinski definition) is 1. The minimum atomic E-state index is 0.734. The van der Waals surface area contributed by atoms with Crippen LogP contribution in [0.4, 0.5) is 0 Å². The summed E-state index contributed by atoms with van der Waals surface area (Å²) in [4.78, 5) is 0. The second kappa shape index (κ2) is 6.57. The molecule has 2 aliphatic rings. The summed E-state index contributed by atoms with van der Waals surface area (Å²) in [6.07, 6.45) is 5.61. The molecule has 4 heteroatoms. The Morgan fingerprint density at radius 1 is 1.29 bits per heavy atom. The highest BCUT2D eigenvalue weighted by Gasteiger charge is 2.39. The van der Waals surface area contributed by atoms with E-state index >= 15 is 0 Å². The normalized spacial score (nSPS) is 27.1. The van der Waals surface area contributed by atoms with E-state index in [-0.39, 0.29) is 0 Å². The molecule has 3 atom stereocenters. The molecule has 0 aliphatic heterocycles. The third kappa shape index (κ3) is 3.21. The molecule has 116 valence electrons. The molecule has 0 saturated heterocycles. The zero-order valence-corrected chi connectivity index (χ0v) is 14.4. The van der Waals surface area contributed by atoms with Gasteiger partial charge in [0.1, 0.15) is 0 Å². The quantitative estimate of drug-likeness (QED) is 0.838. The summed E-state index contributed by atoms with van der Waals surface area (Å²) in [6.45, 7) is 1.64. The van der Waals surface area contributed by atoms with E-state index in [4.69, 9.17) is 9.47 Å². The number of methoxy groups -OCH3 is 1. The van der Waals surface area contributed by atoms with Gasteiger partial charge in [-0.15, -0.1) is 0 Å². The Morgan fingerprint density at radius 3 is 2.76 bits per heavy atom. The SMILES string of the molecule is CNCc1cc(Br)c(OCC2CC3CCC2C3)c(OC)c1. The van der Waals surface area contributed by atoms with Crippen LogP contribution in [0, 0.1) is 17.8 Å². The van der Waals surface area contributed by atoms with Crippen LogP contribution in [0.5, 0.6) is 11.5 Å². The third-order valence-electron chi connectivity index (χ3n) is 5.00. The minimum absolute atomic E-state index is 0.734. The summed E-state index contributed by atoms with van der Waals surface area (Å²) < 4.78 is 12.6. The van der Waals surface area contributed by atoms with E-state index in [0.717, 1.165) is 46.9 Å². The summed E-state index contributed by atoms with van der Waals surface area (Å²) in [7, 11) is 3.65. The number of ether oxygens (including phenoxy) is 2. The van der Waals surface area contributed by atoms with E-state index in [1.54, 1.807) is 7.11 Å². The highest BCUT2D eigenvalue weighted by molar-refractivity contribution is 9.10. The zero-order chi connectivity index (χ0) is 14.8. The molecule has 0 amide bonds. The second-order valence-corrected chi connectivity index (χ2v) is 7.24. The lowest BCUT2D eigenvalue weighted by atomic mass is 9.89. The van der Waals surface area contributed by atoms with E-state index in [2.05, 4.69) is 33.4 Å². The van der Waals surface area contributed by atoms with Crippen LogP contribution in [0.2, 0.25) is 0 Å². The van der Waals surface area contributed by atoms with Gasteiger partial charge in [-0.1, -0.05) is 6.42 Å². The van der Waals surface area contributed by atoms with E-state index in [1.807, 2.05) is 7.05 Å². The van der Waals surface area contributed by atoms with Gasteiger partial charge in [0.25, 0.3) is 0 Å². The summed E-state index contributed by atoms with van der Waals surface area (Å²) >= 11 is 3.63. The molecule has 3 rings (SSSR count). The summed E-state index contributed by atoms with van der Waals surface area (Å²) in [5, 5.41) is 3.16. The number of nitrogens with one attached hydrogen (secondary N) is 1. The lowest BCUT2D eigenvalue weighted by Crippen LogP contribution is -2.19. The minimum Gasteiger partial charge on any atom is -0.493 e. The molecule has 1 N–H and O–H groups in total. The predicted octanol–water partition coefficient (Wildman–Crippen LogP) is 3.99. The van der Waals surface area contributed by atoms with Crippen LogP contribution >= 0.6 is 15.9 Å². The van der Waals surface area contributed by atoms with Gasteiger partial charge in [0.2, 0.25) is 0 Å². The number of hydrogen-bond acceptors (Lipinski definition) is 3. The first-order chi connectivity index (χ1) is 10.2. The molecule has 3 unspecified atom stereocenters. The number of rotatable bonds is 6. The van der Waals surface area contributed by atoms with Crippen LogP contribution in [0.25, 0.3) is 0 Å². The highest BCUT2D eigenvalue weighted by atomic mass is 79.9. The molecule has 0 aromatic heterocycles. The first kappa shape index (κ1) is 15.2. The average molecular weight is 354 g/mol. The monoisotopic (exact) mass is 353 g/mol. The molecule has 2 fully saturated rings. The van der Waals surface area contributed by atoms with Crippen molar-refractivity contribution in [1.29, 1.82) is 0 Å². The lowest BCUT2D eigenvalue weighted by Gasteiger charge is -2.23. The van der Waals surface area contributed by atoms with E-state index in [0.29, 0.717) is 0 Å². The van der Waals surface area contributed by atoms with Crippen LogP contribution in [0.1, 0.15) is 31.2 Å². The number of fused-ring (bicyclic) bond motifs is 2. The smallest absolute Gasteiger partial charge is 0.175 e. The van der Waals surface area contributed by atoms with Gasteiger partial charge in [0.15, 0.2) is 11.5 Å². The van der Waals surface area contributed by atoms with Crippen molar-refractivity contribution in [3.05, 3.63) is 22.2 Å². The fourth-order valence-electron chi connectivity index (χ4n) is 3.99. The lowest BCUT2D eigenvalue weighted by molar-refractivity contribution is 0.189. The maximum Gasteiger partial charge on any atom is 0.175 e. The van der Waals surface area contributed by atoms with Crippen molar-refractivity contribution in [2.24, 2.45) is 17.8 Å². The Morgan fingerprint density at radius 2 is 2.14 bits per heavy atom. The van der Waals surface area contributed by atoms with Crippen molar-refractivity contribution in [2.75, 3.05) is 20.8 Å². The summed E-state index contributed by atoms with van der Waals surface area (Å²) in [5.41, 5.74) is 1.19. The first-order valence-corrected chi connectivity index (χ1v) is 8.64. The Bertz CT molecular complexity index is 506. The van der Waals surface area contributed by atoms with Crippen LogP contribution in [0.15, 0.2) is 16.6 Å². The average Bonchev–Trinajstić information content (AvgIpc) is 3.08. The van der Waals surface area contributed by atoms with Gasteiger partial charge in [-0.2, -0.15) is 0 Å². The van der Waals surface area contributed by atoms with Gasteiger partial charge in [0.05, 0.1) is 18.2 Å². The van der Waals surface area contributed by atoms with E-state index in [9.17, 15) is 0 Å². The molecule has 2 saturated carbocycles. The van der Waals surface area contributed by atoms with E-state index < -0.39 is 0 Å². The summed E-state index contributed by atoms with van der Waals surface area (Å²) in [5.74, 6) is 4.26. The maximum atomic E-state index is 6.14. The van der Waals surface area contributed by atoms with Crippen molar-refractivity contribution in [3.8, 4) is 11.5 Å². The van der Waals surface area contributed by atoms with Crippen molar-refractivity contribution in [3.63, 3.8) is 0 Å². The van der Waals surface area contributed by atoms with Gasteiger partial charge in [-0.25, -0.2) is 0 Å². The highest BCUT2D eigenvalue weighted by Crippen LogP contribution is 2.48. The Kier molecular flexibility index (Phi) is 4.75. The molecule has 1 aromatic carbocycles. The molecule has 0 spiro atoms. The second-order valence-electron chi connectivity index (χ2n) is 6.39. The van der Waals surface area contributed by atoms with Gasteiger partial charge >= 0.3 is 0 Å². The number of benzene rings is 1. The van der Waals surface area contributed by atoms with Gasteiger partial charge < -0.3 is 14.8 Å². The molecule has 0 heterocycles. The van der Waals surface area contributed by atoms with E-state index in [1.165, 1.54) is 31.2 Å². The Labute approximate surface area is 135 Å². The summed E-state index contributed by atoms with van der Waals surface area (Å²) in [6, 6.07) is 4.16. The van der Waals surface area contributed by atoms with Crippen LogP contribution in [0.3, 0.4) is 0 Å². The standard InChI is InChI=1S/C17H24BrNO2/c1-19-9-12-7-15(18)17(16(8-12)20-2)21-10-14-6-11-3-4-13(14)5-11/h7-8,11,13-14,19H,3-6,9-10H2,1-2H3. The number of halogens is 1. The molecule has 1 aromatic rings. The molecular formula is C17H24BrNO2. The third-order valence-corrected chi connectivity index (χ3v) is 5.59. The topological polar surface area (TPSA) is 30.5 Å². The molecule has 2 aliphatic carbocycles. The fraction of sp³-hybridized carbons (Fsp3) is 0.647. The van der Waals surface area contributed by atoms with Gasteiger partial charge in [-0.3, -0.25) is 0 Å².